The molecule has 3 aliphatic rings. The monoisotopic (exact) mass is 516 g/mol. The molecule has 0 aromatic heterocycles. The van der Waals surface area contributed by atoms with Gasteiger partial charge in [-0.3, -0.25) is 19.2 Å². The first-order valence-electron chi connectivity index (χ1n) is 11.5. The zero-order chi connectivity index (χ0) is 26.6. The zero-order valence-electron chi connectivity index (χ0n) is 21.0. The molecule has 36 heavy (non-hydrogen) atoms. The van der Waals surface area contributed by atoms with Crippen LogP contribution in [-0.4, -0.2) is 91.9 Å². The van der Waals surface area contributed by atoms with Gasteiger partial charge in [-0.2, -0.15) is 0 Å². The van der Waals surface area contributed by atoms with Gasteiger partial charge in [-0.25, -0.2) is 0 Å². The third-order valence-corrected chi connectivity index (χ3v) is 5.44. The predicted molar refractivity (Wildman–Crippen MR) is 116 cm³/mol. The SMILES string of the molecule is CC(=O)OC[C@H]1O[C@@H](O[C@H]2[C@H](OC(C)=O)C=CO[C@@H]2COC(C)=O)[C@@H](OC(C)=O)[C@H]2OC(C)(C)O[C@H]21. The van der Waals surface area contributed by atoms with E-state index in [0.717, 1.165) is 0 Å². The van der Waals surface area contributed by atoms with Crippen molar-refractivity contribution in [2.45, 2.75) is 96.3 Å². The van der Waals surface area contributed by atoms with Crippen LogP contribution >= 0.6 is 0 Å². The molecule has 0 aromatic rings. The summed E-state index contributed by atoms with van der Waals surface area (Å²) in [7, 11) is 0. The van der Waals surface area contributed by atoms with Gasteiger partial charge in [0.2, 0.25) is 0 Å². The van der Waals surface area contributed by atoms with Gasteiger partial charge < -0.3 is 42.6 Å². The van der Waals surface area contributed by atoms with E-state index < -0.39 is 78.7 Å². The number of carbonyl (C=O) groups excluding carboxylic acids is 4. The zero-order valence-corrected chi connectivity index (χ0v) is 21.0. The molecular weight excluding hydrogens is 484 g/mol. The highest BCUT2D eigenvalue weighted by molar-refractivity contribution is 5.67. The van der Waals surface area contributed by atoms with Crippen LogP contribution in [-0.2, 0) is 61.8 Å². The standard InChI is InChI=1S/C23H32O13/c1-11(24)29-9-16-18(15(7-8-28-16)31-13(3)26)34-22-21(32-14(4)27)20-19(35-23(5,6)36-20)17(33-22)10-30-12(2)25/h7-8,15-22H,9-10H2,1-6H3/t15-,16-,17-,18+,19+,20+,21+,22+/m1/s1. The van der Waals surface area contributed by atoms with Crippen LogP contribution < -0.4 is 0 Å². The Labute approximate surface area is 208 Å². The van der Waals surface area contributed by atoms with Crippen LogP contribution in [0.15, 0.2) is 12.3 Å². The lowest BCUT2D eigenvalue weighted by atomic mass is 9.98. The lowest BCUT2D eigenvalue weighted by molar-refractivity contribution is -0.313. The van der Waals surface area contributed by atoms with Crippen molar-refractivity contribution < 1.29 is 61.8 Å². The maximum absolute atomic E-state index is 12.0. The highest BCUT2D eigenvalue weighted by Crippen LogP contribution is 2.40. The number of esters is 4. The van der Waals surface area contributed by atoms with Gasteiger partial charge in [0.25, 0.3) is 0 Å². The Morgan fingerprint density at radius 3 is 1.94 bits per heavy atom. The van der Waals surface area contributed by atoms with E-state index in [0.29, 0.717) is 0 Å². The highest BCUT2D eigenvalue weighted by Gasteiger charge is 2.58. The molecule has 13 heteroatoms. The minimum atomic E-state index is -1.29. The van der Waals surface area contributed by atoms with Crippen molar-refractivity contribution in [3.05, 3.63) is 12.3 Å². The van der Waals surface area contributed by atoms with Gasteiger partial charge in [-0.05, 0) is 19.9 Å². The van der Waals surface area contributed by atoms with Crippen LogP contribution in [0.1, 0.15) is 41.5 Å². The van der Waals surface area contributed by atoms with E-state index in [2.05, 4.69) is 0 Å². The summed E-state index contributed by atoms with van der Waals surface area (Å²) in [4.78, 5) is 46.6. The third-order valence-electron chi connectivity index (χ3n) is 5.44. The molecule has 0 bridgehead atoms. The van der Waals surface area contributed by atoms with Gasteiger partial charge in [-0.15, -0.1) is 0 Å². The average Bonchev–Trinajstić information content (AvgIpc) is 3.08. The Balaban J connectivity index is 1.91. The van der Waals surface area contributed by atoms with Crippen molar-refractivity contribution in [1.29, 1.82) is 0 Å². The van der Waals surface area contributed by atoms with E-state index in [9.17, 15) is 19.2 Å². The molecule has 0 aliphatic carbocycles. The molecule has 0 N–H and O–H groups in total. The summed E-state index contributed by atoms with van der Waals surface area (Å²) in [5.74, 6) is -3.36. The van der Waals surface area contributed by atoms with Gasteiger partial charge in [0.1, 0.15) is 37.6 Å². The molecule has 0 saturated carbocycles. The molecule has 13 nitrogen and oxygen atoms in total. The van der Waals surface area contributed by atoms with Crippen molar-refractivity contribution in [3.63, 3.8) is 0 Å². The molecule has 2 saturated heterocycles. The molecule has 0 spiro atoms. The van der Waals surface area contributed by atoms with Crippen molar-refractivity contribution >= 4 is 23.9 Å². The Morgan fingerprint density at radius 1 is 0.778 bits per heavy atom. The molecule has 2 fully saturated rings. The summed E-state index contributed by atoms with van der Waals surface area (Å²) < 4.78 is 50.9. The summed E-state index contributed by atoms with van der Waals surface area (Å²) >= 11 is 0. The first-order chi connectivity index (χ1) is 16.9. The first-order valence-corrected chi connectivity index (χ1v) is 11.5. The Bertz CT molecular complexity index is 868. The lowest BCUT2D eigenvalue weighted by Crippen LogP contribution is -2.61. The smallest absolute Gasteiger partial charge is 0.303 e. The van der Waals surface area contributed by atoms with E-state index in [1.807, 2.05) is 0 Å². The molecule has 202 valence electrons. The number of hydrogen-bond donors (Lipinski definition) is 0. The fraction of sp³-hybridized carbons (Fsp3) is 0.739. The van der Waals surface area contributed by atoms with E-state index in [1.54, 1.807) is 13.8 Å². The quantitative estimate of drug-likeness (QED) is 0.326. The van der Waals surface area contributed by atoms with Crippen LogP contribution in [0.5, 0.6) is 0 Å². The van der Waals surface area contributed by atoms with Gasteiger partial charge in [0.05, 0.1) is 6.26 Å². The maximum atomic E-state index is 12.0. The number of hydrogen-bond acceptors (Lipinski definition) is 13. The second-order valence-corrected chi connectivity index (χ2v) is 8.96. The number of fused-ring (bicyclic) bond motifs is 1. The van der Waals surface area contributed by atoms with Gasteiger partial charge >= 0.3 is 23.9 Å². The second kappa shape index (κ2) is 11.5. The van der Waals surface area contributed by atoms with E-state index in [1.165, 1.54) is 40.0 Å². The van der Waals surface area contributed by atoms with Crippen LogP contribution in [0.25, 0.3) is 0 Å². The molecular formula is C23H32O13. The molecule has 0 amide bonds. The fourth-order valence-corrected chi connectivity index (χ4v) is 4.17. The second-order valence-electron chi connectivity index (χ2n) is 8.96. The molecule has 0 aromatic carbocycles. The molecule has 3 rings (SSSR count). The van der Waals surface area contributed by atoms with Gasteiger partial charge in [0, 0.05) is 27.7 Å². The maximum Gasteiger partial charge on any atom is 0.303 e. The Kier molecular flexibility index (Phi) is 8.93. The summed E-state index contributed by atoms with van der Waals surface area (Å²) in [5.41, 5.74) is 0. The average molecular weight is 516 g/mol. The largest absolute Gasteiger partial charge is 0.492 e. The molecule has 3 heterocycles. The molecule has 8 atom stereocenters. The first kappa shape index (κ1) is 27.8. The van der Waals surface area contributed by atoms with Crippen molar-refractivity contribution in [3.8, 4) is 0 Å². The van der Waals surface area contributed by atoms with Crippen LogP contribution in [0.3, 0.4) is 0 Å². The van der Waals surface area contributed by atoms with E-state index in [4.69, 9.17) is 42.6 Å². The molecule has 3 aliphatic heterocycles. The number of ether oxygens (including phenoxy) is 9. The van der Waals surface area contributed by atoms with Crippen molar-refractivity contribution in [1.82, 2.24) is 0 Å². The summed E-state index contributed by atoms with van der Waals surface area (Å²) in [6.07, 6.45) is -4.96. The van der Waals surface area contributed by atoms with E-state index >= 15 is 0 Å². The molecule has 0 unspecified atom stereocenters. The third kappa shape index (κ3) is 7.15. The predicted octanol–water partition coefficient (Wildman–Crippen LogP) is 0.519. The van der Waals surface area contributed by atoms with Gasteiger partial charge in [0.15, 0.2) is 30.4 Å². The summed E-state index contributed by atoms with van der Waals surface area (Å²) in [5, 5.41) is 0. The van der Waals surface area contributed by atoms with Crippen LogP contribution in [0, 0.1) is 0 Å². The highest BCUT2D eigenvalue weighted by atomic mass is 16.8. The minimum Gasteiger partial charge on any atom is -0.492 e. The Hall–Kier alpha value is -2.74. The summed E-state index contributed by atoms with van der Waals surface area (Å²) in [6.45, 7) is 7.89. The minimum absolute atomic E-state index is 0.187. The summed E-state index contributed by atoms with van der Waals surface area (Å²) in [6, 6.07) is 0. The van der Waals surface area contributed by atoms with Crippen LogP contribution in [0.4, 0.5) is 0 Å². The normalized spacial score (nSPS) is 34.6. The Morgan fingerprint density at radius 2 is 1.36 bits per heavy atom. The van der Waals surface area contributed by atoms with Gasteiger partial charge in [-0.1, -0.05) is 0 Å². The number of rotatable bonds is 8. The number of carbonyl (C=O) groups is 4. The lowest BCUT2D eigenvalue weighted by Gasteiger charge is -2.44. The van der Waals surface area contributed by atoms with Crippen molar-refractivity contribution in [2.75, 3.05) is 13.2 Å². The topological polar surface area (TPSA) is 151 Å². The molecule has 0 radical (unpaired) electrons. The van der Waals surface area contributed by atoms with E-state index in [-0.39, 0.29) is 13.2 Å². The van der Waals surface area contributed by atoms with Crippen LogP contribution in [0.2, 0.25) is 0 Å². The van der Waals surface area contributed by atoms with Crippen molar-refractivity contribution in [2.24, 2.45) is 0 Å². The fourth-order valence-electron chi connectivity index (χ4n) is 4.17.